The molecule has 0 aliphatic heterocycles. The van der Waals surface area contributed by atoms with Gasteiger partial charge in [0.15, 0.2) is 0 Å². The van der Waals surface area contributed by atoms with Crippen molar-refractivity contribution in [1.82, 2.24) is 4.90 Å². The van der Waals surface area contributed by atoms with Crippen LogP contribution in [0.1, 0.15) is 43.6 Å². The maximum absolute atomic E-state index is 12.8. The fraction of sp³-hybridized carbons (Fsp3) is 0.348. The Morgan fingerprint density at radius 1 is 1.16 bits per heavy atom. The number of rotatable bonds is 7. The van der Waals surface area contributed by atoms with Crippen molar-refractivity contribution < 1.29 is 29.0 Å². The standard InChI is InChI=1S/C23H27ClN2O6/c1-6-26(13(3)4)22(29)17-12-16(8-9-19(17)27)32-20-14(5)10-15(11-18(20)24)25-21(28)23(30)31-7-2/h8-13,27H,6-7H2,1-5H3,(H,25,28). The van der Waals surface area contributed by atoms with Crippen molar-refractivity contribution in [3.05, 3.63) is 46.5 Å². The SMILES string of the molecule is CCOC(=O)C(=O)Nc1cc(C)c(Oc2ccc(O)c(C(=O)N(CC)C(C)C)c2)c(Cl)c1. The lowest BCUT2D eigenvalue weighted by Gasteiger charge is -2.25. The van der Waals surface area contributed by atoms with Gasteiger partial charge in [-0.1, -0.05) is 11.6 Å². The smallest absolute Gasteiger partial charge is 0.397 e. The minimum atomic E-state index is -0.995. The summed E-state index contributed by atoms with van der Waals surface area (Å²) in [6.07, 6.45) is 0. The number of benzene rings is 2. The molecule has 2 N–H and O–H groups in total. The first-order valence-electron chi connectivity index (χ1n) is 10.2. The van der Waals surface area contributed by atoms with Crippen LogP contribution in [-0.4, -0.2) is 47.0 Å². The number of hydrogen-bond donors (Lipinski definition) is 2. The summed E-state index contributed by atoms with van der Waals surface area (Å²) < 4.78 is 10.5. The Kier molecular flexibility index (Phi) is 8.48. The second-order valence-electron chi connectivity index (χ2n) is 7.24. The maximum atomic E-state index is 12.8. The van der Waals surface area contributed by atoms with Gasteiger partial charge in [-0.3, -0.25) is 9.59 Å². The highest BCUT2D eigenvalue weighted by molar-refractivity contribution is 6.37. The Hall–Kier alpha value is -3.26. The van der Waals surface area contributed by atoms with Gasteiger partial charge in [0.2, 0.25) is 0 Å². The molecule has 0 aromatic heterocycles. The van der Waals surface area contributed by atoms with Gasteiger partial charge in [0.25, 0.3) is 5.91 Å². The number of amides is 2. The van der Waals surface area contributed by atoms with Gasteiger partial charge in [-0.15, -0.1) is 0 Å². The number of carbonyl (C=O) groups excluding carboxylic acids is 3. The third-order valence-electron chi connectivity index (χ3n) is 4.59. The molecule has 9 heteroatoms. The van der Waals surface area contributed by atoms with E-state index < -0.39 is 11.9 Å². The molecular weight excluding hydrogens is 436 g/mol. The van der Waals surface area contributed by atoms with Crippen molar-refractivity contribution in [2.24, 2.45) is 0 Å². The summed E-state index contributed by atoms with van der Waals surface area (Å²) in [5.41, 5.74) is 0.995. The van der Waals surface area contributed by atoms with E-state index in [4.69, 9.17) is 16.3 Å². The lowest BCUT2D eigenvalue weighted by atomic mass is 10.1. The number of ether oxygens (including phenoxy) is 2. The molecule has 0 fully saturated rings. The molecule has 0 aliphatic rings. The molecule has 0 saturated heterocycles. The van der Waals surface area contributed by atoms with Crippen LogP contribution in [0, 0.1) is 6.92 Å². The number of phenolic OH excluding ortho intramolecular Hbond substituents is 1. The molecule has 2 amide bonds. The number of nitrogens with one attached hydrogen (secondary N) is 1. The summed E-state index contributed by atoms with van der Waals surface area (Å²) in [5.74, 6) is -1.76. The molecule has 8 nitrogen and oxygen atoms in total. The van der Waals surface area contributed by atoms with Crippen molar-refractivity contribution in [3.8, 4) is 17.2 Å². The minimum absolute atomic E-state index is 0.0365. The second kappa shape index (κ2) is 10.9. The minimum Gasteiger partial charge on any atom is -0.507 e. The summed E-state index contributed by atoms with van der Waals surface area (Å²) >= 11 is 6.34. The van der Waals surface area contributed by atoms with Crippen LogP contribution in [0.2, 0.25) is 5.02 Å². The highest BCUT2D eigenvalue weighted by Gasteiger charge is 2.22. The van der Waals surface area contributed by atoms with E-state index in [9.17, 15) is 19.5 Å². The Balaban J connectivity index is 2.29. The maximum Gasteiger partial charge on any atom is 0.397 e. The van der Waals surface area contributed by atoms with E-state index in [0.29, 0.717) is 29.3 Å². The molecule has 2 aromatic carbocycles. The molecule has 0 heterocycles. The number of carbonyl (C=O) groups is 3. The summed E-state index contributed by atoms with van der Waals surface area (Å²) in [6.45, 7) is 9.54. The van der Waals surface area contributed by atoms with E-state index >= 15 is 0 Å². The van der Waals surface area contributed by atoms with E-state index in [-0.39, 0.29) is 34.9 Å². The van der Waals surface area contributed by atoms with Crippen molar-refractivity contribution in [3.63, 3.8) is 0 Å². The van der Waals surface area contributed by atoms with Crippen LogP contribution in [0.15, 0.2) is 30.3 Å². The first kappa shape index (κ1) is 25.0. The van der Waals surface area contributed by atoms with Crippen molar-refractivity contribution in [1.29, 1.82) is 0 Å². The third-order valence-corrected chi connectivity index (χ3v) is 4.87. The lowest BCUT2D eigenvalue weighted by Crippen LogP contribution is -2.36. The monoisotopic (exact) mass is 462 g/mol. The summed E-state index contributed by atoms with van der Waals surface area (Å²) in [7, 11) is 0. The molecule has 0 radical (unpaired) electrons. The number of anilines is 1. The molecule has 0 unspecified atom stereocenters. The molecule has 0 spiro atoms. The zero-order valence-corrected chi connectivity index (χ0v) is 19.4. The van der Waals surface area contributed by atoms with E-state index in [1.165, 1.54) is 24.3 Å². The average molecular weight is 463 g/mol. The Morgan fingerprint density at radius 2 is 1.84 bits per heavy atom. The zero-order valence-electron chi connectivity index (χ0n) is 18.7. The van der Waals surface area contributed by atoms with E-state index in [2.05, 4.69) is 10.1 Å². The number of aromatic hydroxyl groups is 1. The van der Waals surface area contributed by atoms with Crippen LogP contribution in [0.25, 0.3) is 0 Å². The molecule has 0 atom stereocenters. The predicted molar refractivity (Wildman–Crippen MR) is 121 cm³/mol. The molecule has 172 valence electrons. The fourth-order valence-electron chi connectivity index (χ4n) is 3.08. The third kappa shape index (κ3) is 5.91. The summed E-state index contributed by atoms with van der Waals surface area (Å²) in [6, 6.07) is 7.34. The topological polar surface area (TPSA) is 105 Å². The number of aryl methyl sites for hydroxylation is 1. The zero-order chi connectivity index (χ0) is 24.0. The summed E-state index contributed by atoms with van der Waals surface area (Å²) in [5, 5.41) is 12.8. The molecule has 2 rings (SSSR count). The van der Waals surface area contributed by atoms with Gasteiger partial charge in [0.1, 0.15) is 17.2 Å². The number of nitrogens with zero attached hydrogens (tertiary/aromatic N) is 1. The van der Waals surface area contributed by atoms with Crippen LogP contribution in [-0.2, 0) is 14.3 Å². The lowest BCUT2D eigenvalue weighted by molar-refractivity contribution is -0.152. The first-order chi connectivity index (χ1) is 15.1. The number of halogens is 1. The highest BCUT2D eigenvalue weighted by Crippen LogP contribution is 2.36. The van der Waals surface area contributed by atoms with Crippen molar-refractivity contribution >= 4 is 35.1 Å². The first-order valence-corrected chi connectivity index (χ1v) is 10.6. The Bertz CT molecular complexity index is 999. The molecule has 32 heavy (non-hydrogen) atoms. The van der Waals surface area contributed by atoms with Crippen LogP contribution in [0.3, 0.4) is 0 Å². The van der Waals surface area contributed by atoms with Crippen LogP contribution < -0.4 is 10.1 Å². The van der Waals surface area contributed by atoms with E-state index in [0.717, 1.165) is 0 Å². The fourth-order valence-corrected chi connectivity index (χ4v) is 3.38. The average Bonchev–Trinajstić information content (AvgIpc) is 2.72. The molecule has 0 aliphatic carbocycles. The Morgan fingerprint density at radius 3 is 2.41 bits per heavy atom. The predicted octanol–water partition coefficient (Wildman–Crippen LogP) is 4.52. The van der Waals surface area contributed by atoms with Crippen molar-refractivity contribution in [2.75, 3.05) is 18.5 Å². The van der Waals surface area contributed by atoms with Crippen LogP contribution >= 0.6 is 11.6 Å². The normalized spacial score (nSPS) is 10.6. The quantitative estimate of drug-likeness (QED) is 0.463. The Labute approximate surface area is 192 Å². The van der Waals surface area contributed by atoms with Gasteiger partial charge in [-0.2, -0.15) is 0 Å². The van der Waals surface area contributed by atoms with Gasteiger partial charge >= 0.3 is 11.9 Å². The number of esters is 1. The highest BCUT2D eigenvalue weighted by atomic mass is 35.5. The van der Waals surface area contributed by atoms with Gasteiger partial charge < -0.3 is 24.8 Å². The molecular formula is C23H27ClN2O6. The number of hydrogen-bond acceptors (Lipinski definition) is 6. The largest absolute Gasteiger partial charge is 0.507 e. The van der Waals surface area contributed by atoms with Crippen molar-refractivity contribution in [2.45, 2.75) is 40.7 Å². The van der Waals surface area contributed by atoms with Gasteiger partial charge in [-0.25, -0.2) is 4.79 Å². The number of phenols is 1. The molecule has 0 saturated carbocycles. The van der Waals surface area contributed by atoms with Gasteiger partial charge in [0, 0.05) is 18.3 Å². The summed E-state index contributed by atoms with van der Waals surface area (Å²) in [4.78, 5) is 37.8. The van der Waals surface area contributed by atoms with Gasteiger partial charge in [0.05, 0.1) is 17.2 Å². The van der Waals surface area contributed by atoms with E-state index in [1.807, 2.05) is 20.8 Å². The van der Waals surface area contributed by atoms with Crippen LogP contribution in [0.4, 0.5) is 5.69 Å². The van der Waals surface area contributed by atoms with Crippen LogP contribution in [0.5, 0.6) is 17.2 Å². The molecule has 2 aromatic rings. The molecule has 0 bridgehead atoms. The van der Waals surface area contributed by atoms with Gasteiger partial charge in [-0.05, 0) is 70.5 Å². The second-order valence-corrected chi connectivity index (χ2v) is 7.65. The van der Waals surface area contributed by atoms with E-state index in [1.54, 1.807) is 24.8 Å².